The van der Waals surface area contributed by atoms with Gasteiger partial charge in [0.1, 0.15) is 0 Å². The van der Waals surface area contributed by atoms with E-state index in [1.165, 1.54) is 18.4 Å². The van der Waals surface area contributed by atoms with Gasteiger partial charge in [0.05, 0.1) is 0 Å². The molecule has 0 aliphatic carbocycles. The van der Waals surface area contributed by atoms with E-state index >= 15 is 0 Å². The maximum absolute atomic E-state index is 2.34. The van der Waals surface area contributed by atoms with Gasteiger partial charge in [0.25, 0.3) is 0 Å². The van der Waals surface area contributed by atoms with Gasteiger partial charge >= 0.3 is 0 Å². The maximum Gasteiger partial charge on any atom is -0.0322 e. The molecule has 0 aromatic rings. The fraction of sp³-hybridized carbons (Fsp3) is 0.818. The van der Waals surface area contributed by atoms with E-state index in [1.54, 1.807) is 0 Å². The average Bonchev–Trinajstić information content (AvgIpc) is 1.82. The third-order valence-electron chi connectivity index (χ3n) is 1.80. The Kier molecular flexibility index (Phi) is 5.27. The highest BCUT2D eigenvalue weighted by Crippen LogP contribution is 2.15. The van der Waals surface area contributed by atoms with Gasteiger partial charge in [-0.2, -0.15) is 0 Å². The smallest absolute Gasteiger partial charge is 0.0322 e. The van der Waals surface area contributed by atoms with Gasteiger partial charge in [-0.05, 0) is 38.5 Å². The van der Waals surface area contributed by atoms with Crippen LogP contribution in [0.2, 0.25) is 0 Å². The molecule has 0 nitrogen and oxygen atoms in total. The predicted molar refractivity (Wildman–Crippen MR) is 52.7 cm³/mol. The summed E-state index contributed by atoms with van der Waals surface area (Å²) in [6.07, 6.45) is 4.94. The van der Waals surface area contributed by atoms with Gasteiger partial charge in [0.2, 0.25) is 0 Å². The lowest BCUT2D eigenvalue weighted by Crippen LogP contribution is -1.98. The lowest BCUT2D eigenvalue weighted by molar-refractivity contribution is 0.442. The zero-order chi connectivity index (χ0) is 8.85. The van der Waals surface area contributed by atoms with Crippen LogP contribution in [0.15, 0.2) is 11.6 Å². The molecule has 1 atom stereocenters. The lowest BCUT2D eigenvalue weighted by Gasteiger charge is -2.11. The van der Waals surface area contributed by atoms with E-state index in [1.807, 2.05) is 0 Å². The van der Waals surface area contributed by atoms with Crippen LogP contribution in [-0.4, -0.2) is 0 Å². The SMILES string of the molecule is CC(C)=CCC(C)CC(C)C. The van der Waals surface area contributed by atoms with Gasteiger partial charge in [-0.15, -0.1) is 0 Å². The summed E-state index contributed by atoms with van der Waals surface area (Å²) in [6, 6.07) is 0. The van der Waals surface area contributed by atoms with E-state index in [2.05, 4.69) is 40.7 Å². The van der Waals surface area contributed by atoms with Crippen LogP contribution in [0.4, 0.5) is 0 Å². The Balaban J connectivity index is 3.53. The molecule has 0 heteroatoms. The Labute approximate surface area is 71.7 Å². The summed E-state index contributed by atoms with van der Waals surface area (Å²) in [5, 5.41) is 0. The van der Waals surface area contributed by atoms with Gasteiger partial charge in [0.15, 0.2) is 0 Å². The maximum atomic E-state index is 2.34. The van der Waals surface area contributed by atoms with Crippen LogP contribution in [-0.2, 0) is 0 Å². The molecule has 0 spiro atoms. The Morgan fingerprint density at radius 2 is 1.73 bits per heavy atom. The van der Waals surface area contributed by atoms with Crippen molar-refractivity contribution in [1.82, 2.24) is 0 Å². The van der Waals surface area contributed by atoms with Crippen LogP contribution >= 0.6 is 0 Å². The molecule has 66 valence electrons. The molecule has 0 heterocycles. The van der Waals surface area contributed by atoms with Crippen LogP contribution < -0.4 is 0 Å². The summed E-state index contributed by atoms with van der Waals surface area (Å²) >= 11 is 0. The lowest BCUT2D eigenvalue weighted by atomic mass is 9.95. The average molecular weight is 154 g/mol. The molecular formula is C11H22. The standard InChI is InChI=1S/C11H22/c1-9(2)6-7-11(5)8-10(3)4/h6,10-11H,7-8H2,1-5H3. The summed E-state index contributed by atoms with van der Waals surface area (Å²) < 4.78 is 0. The molecule has 0 radical (unpaired) electrons. The fourth-order valence-corrected chi connectivity index (χ4v) is 1.34. The molecule has 0 aliphatic rings. The predicted octanol–water partition coefficient (Wildman–Crippen LogP) is 4.02. The molecule has 0 fully saturated rings. The van der Waals surface area contributed by atoms with Crippen molar-refractivity contribution in [3.05, 3.63) is 11.6 Å². The summed E-state index contributed by atoms with van der Waals surface area (Å²) in [4.78, 5) is 0. The van der Waals surface area contributed by atoms with E-state index in [-0.39, 0.29) is 0 Å². The Hall–Kier alpha value is -0.260. The molecule has 0 bridgehead atoms. The van der Waals surface area contributed by atoms with Crippen LogP contribution in [0.5, 0.6) is 0 Å². The van der Waals surface area contributed by atoms with E-state index < -0.39 is 0 Å². The first-order valence-corrected chi connectivity index (χ1v) is 4.65. The van der Waals surface area contributed by atoms with Crippen molar-refractivity contribution in [3.63, 3.8) is 0 Å². The van der Waals surface area contributed by atoms with Crippen LogP contribution in [0.25, 0.3) is 0 Å². The molecule has 11 heavy (non-hydrogen) atoms. The minimum Gasteiger partial charge on any atom is -0.0856 e. The second-order valence-electron chi connectivity index (χ2n) is 4.25. The van der Waals surface area contributed by atoms with Crippen molar-refractivity contribution in [2.75, 3.05) is 0 Å². The van der Waals surface area contributed by atoms with Crippen molar-refractivity contribution in [2.45, 2.75) is 47.5 Å². The number of rotatable bonds is 4. The van der Waals surface area contributed by atoms with E-state index in [9.17, 15) is 0 Å². The number of hydrogen-bond donors (Lipinski definition) is 0. The van der Waals surface area contributed by atoms with Crippen molar-refractivity contribution in [3.8, 4) is 0 Å². The number of allylic oxidation sites excluding steroid dienone is 2. The first kappa shape index (κ1) is 10.7. The molecule has 0 amide bonds. The molecule has 0 saturated heterocycles. The molecular weight excluding hydrogens is 132 g/mol. The molecule has 0 aromatic heterocycles. The highest BCUT2D eigenvalue weighted by atomic mass is 14.1. The zero-order valence-electron chi connectivity index (χ0n) is 8.65. The highest BCUT2D eigenvalue weighted by molar-refractivity contribution is 4.93. The summed E-state index contributed by atoms with van der Waals surface area (Å²) in [5.74, 6) is 1.69. The molecule has 0 rings (SSSR count). The second kappa shape index (κ2) is 5.40. The van der Waals surface area contributed by atoms with Crippen molar-refractivity contribution in [2.24, 2.45) is 11.8 Å². The third-order valence-corrected chi connectivity index (χ3v) is 1.80. The van der Waals surface area contributed by atoms with E-state index in [0.717, 1.165) is 11.8 Å². The van der Waals surface area contributed by atoms with Crippen molar-refractivity contribution < 1.29 is 0 Å². The summed E-state index contributed by atoms with van der Waals surface area (Å²) in [5.41, 5.74) is 1.45. The van der Waals surface area contributed by atoms with Gasteiger partial charge in [0, 0.05) is 0 Å². The van der Waals surface area contributed by atoms with Gasteiger partial charge in [-0.1, -0.05) is 32.4 Å². The molecule has 0 N–H and O–H groups in total. The van der Waals surface area contributed by atoms with Crippen molar-refractivity contribution >= 4 is 0 Å². The summed E-state index contributed by atoms with van der Waals surface area (Å²) in [7, 11) is 0. The first-order valence-electron chi connectivity index (χ1n) is 4.65. The minimum absolute atomic E-state index is 0.843. The second-order valence-corrected chi connectivity index (χ2v) is 4.25. The quantitative estimate of drug-likeness (QED) is 0.536. The van der Waals surface area contributed by atoms with Crippen LogP contribution in [0.1, 0.15) is 47.5 Å². The Morgan fingerprint density at radius 1 is 1.18 bits per heavy atom. The largest absolute Gasteiger partial charge is 0.0856 e. The van der Waals surface area contributed by atoms with Gasteiger partial charge < -0.3 is 0 Å². The topological polar surface area (TPSA) is 0 Å². The molecule has 0 saturated carbocycles. The summed E-state index contributed by atoms with van der Waals surface area (Å²) in [6.45, 7) is 11.3. The molecule has 0 aromatic carbocycles. The first-order chi connectivity index (χ1) is 5.02. The van der Waals surface area contributed by atoms with E-state index in [4.69, 9.17) is 0 Å². The number of hydrogen-bond acceptors (Lipinski definition) is 0. The van der Waals surface area contributed by atoms with Gasteiger partial charge in [-0.3, -0.25) is 0 Å². The highest BCUT2D eigenvalue weighted by Gasteiger charge is 2.02. The molecule has 1 unspecified atom stereocenters. The van der Waals surface area contributed by atoms with Gasteiger partial charge in [-0.25, -0.2) is 0 Å². The monoisotopic (exact) mass is 154 g/mol. The zero-order valence-corrected chi connectivity index (χ0v) is 8.65. The van der Waals surface area contributed by atoms with Crippen LogP contribution in [0, 0.1) is 11.8 Å². The fourth-order valence-electron chi connectivity index (χ4n) is 1.34. The normalized spacial score (nSPS) is 13.3. The van der Waals surface area contributed by atoms with Crippen molar-refractivity contribution in [1.29, 1.82) is 0 Å². The Morgan fingerprint density at radius 3 is 2.09 bits per heavy atom. The Bertz CT molecular complexity index is 116. The minimum atomic E-state index is 0.843. The third kappa shape index (κ3) is 7.64. The van der Waals surface area contributed by atoms with Crippen LogP contribution in [0.3, 0.4) is 0 Å². The van der Waals surface area contributed by atoms with E-state index in [0.29, 0.717) is 0 Å². The molecule has 0 aliphatic heterocycles.